The molecule has 0 spiro atoms. The van der Waals surface area contributed by atoms with Gasteiger partial charge < -0.3 is 10.4 Å². The molecular formula is C29H59NO4. The van der Waals surface area contributed by atoms with Crippen molar-refractivity contribution < 1.29 is 20.0 Å². The van der Waals surface area contributed by atoms with Gasteiger partial charge in [0, 0.05) is 25.5 Å². The van der Waals surface area contributed by atoms with Crippen LogP contribution < -0.4 is 5.32 Å². The highest BCUT2D eigenvalue weighted by Gasteiger charge is 2.07. The molecule has 1 unspecified atom stereocenters. The minimum atomic E-state index is -0.0229. The first kappa shape index (κ1) is 33.4. The summed E-state index contributed by atoms with van der Waals surface area (Å²) < 4.78 is 0. The van der Waals surface area contributed by atoms with Crippen molar-refractivity contribution in [3.8, 4) is 0 Å². The number of aliphatic hydroxyl groups is 1. The van der Waals surface area contributed by atoms with E-state index in [2.05, 4.69) is 17.1 Å². The summed E-state index contributed by atoms with van der Waals surface area (Å²) in [5, 5.41) is 20.5. The van der Waals surface area contributed by atoms with E-state index in [1.807, 2.05) is 0 Å². The fraction of sp³-hybridized carbons (Fsp3) is 0.966. The summed E-state index contributed by atoms with van der Waals surface area (Å²) in [4.78, 5) is 16.0. The van der Waals surface area contributed by atoms with E-state index in [4.69, 9.17) is 10.4 Å². The van der Waals surface area contributed by atoms with Crippen molar-refractivity contribution in [3.05, 3.63) is 0 Å². The van der Waals surface area contributed by atoms with E-state index in [1.165, 1.54) is 109 Å². The molecule has 0 saturated heterocycles. The number of carbonyl (C=O) groups is 1. The number of amides is 1. The van der Waals surface area contributed by atoms with E-state index in [0.717, 1.165) is 32.1 Å². The van der Waals surface area contributed by atoms with Gasteiger partial charge in [-0.1, -0.05) is 129 Å². The van der Waals surface area contributed by atoms with Gasteiger partial charge in [0.1, 0.15) is 0 Å². The Morgan fingerprint density at radius 1 is 0.676 bits per heavy atom. The zero-order chi connectivity index (χ0) is 25.0. The lowest BCUT2D eigenvalue weighted by Crippen LogP contribution is -2.24. The summed E-state index contributed by atoms with van der Waals surface area (Å²) >= 11 is 0. The SMILES string of the molecule is CCCCCCCCCCCCCCCCCCCCCC(=O)NCCCCC(CO)COO. The molecule has 3 N–H and O–H groups in total. The van der Waals surface area contributed by atoms with Crippen LogP contribution in [0.15, 0.2) is 0 Å². The monoisotopic (exact) mass is 485 g/mol. The third-order valence-electron chi connectivity index (χ3n) is 6.94. The summed E-state index contributed by atoms with van der Waals surface area (Å²) in [5.41, 5.74) is 0. The molecule has 0 radical (unpaired) electrons. The number of carbonyl (C=O) groups excluding carboxylic acids is 1. The molecule has 1 amide bonds. The summed E-state index contributed by atoms with van der Waals surface area (Å²) in [6.07, 6.45) is 29.2. The minimum absolute atomic E-state index is 0.0202. The zero-order valence-electron chi connectivity index (χ0n) is 22.7. The number of unbranched alkanes of at least 4 members (excludes halogenated alkanes) is 19. The second-order valence-electron chi connectivity index (χ2n) is 10.3. The highest BCUT2D eigenvalue weighted by Crippen LogP contribution is 2.15. The second kappa shape index (κ2) is 28.6. The van der Waals surface area contributed by atoms with Crippen LogP contribution in [0.1, 0.15) is 155 Å². The second-order valence-corrected chi connectivity index (χ2v) is 10.3. The highest BCUT2D eigenvalue weighted by atomic mass is 17.1. The van der Waals surface area contributed by atoms with Crippen molar-refractivity contribution in [1.82, 2.24) is 5.32 Å². The first-order valence-corrected chi connectivity index (χ1v) is 14.9. The van der Waals surface area contributed by atoms with Gasteiger partial charge in [-0.2, -0.15) is 0 Å². The molecule has 1 atom stereocenters. The lowest BCUT2D eigenvalue weighted by Gasteiger charge is -2.11. The maximum Gasteiger partial charge on any atom is 0.219 e. The molecule has 0 aliphatic carbocycles. The van der Waals surface area contributed by atoms with Gasteiger partial charge in [-0.05, 0) is 19.3 Å². The van der Waals surface area contributed by atoms with Gasteiger partial charge in [0.05, 0.1) is 6.61 Å². The molecule has 5 heteroatoms. The van der Waals surface area contributed by atoms with Crippen LogP contribution in [-0.4, -0.2) is 36.0 Å². The van der Waals surface area contributed by atoms with E-state index in [0.29, 0.717) is 13.0 Å². The Balaban J connectivity index is 3.20. The number of hydrogen-bond donors (Lipinski definition) is 3. The minimum Gasteiger partial charge on any atom is -0.396 e. The Bertz CT molecular complexity index is 406. The van der Waals surface area contributed by atoms with E-state index in [-0.39, 0.29) is 25.0 Å². The average molecular weight is 486 g/mol. The highest BCUT2D eigenvalue weighted by molar-refractivity contribution is 5.75. The molecule has 0 bridgehead atoms. The smallest absolute Gasteiger partial charge is 0.219 e. The van der Waals surface area contributed by atoms with E-state index in [9.17, 15) is 4.79 Å². The fourth-order valence-electron chi connectivity index (χ4n) is 4.57. The van der Waals surface area contributed by atoms with Crippen LogP contribution in [0.2, 0.25) is 0 Å². The van der Waals surface area contributed by atoms with E-state index >= 15 is 0 Å². The Hall–Kier alpha value is -0.650. The lowest BCUT2D eigenvalue weighted by molar-refractivity contribution is -0.253. The molecule has 204 valence electrons. The van der Waals surface area contributed by atoms with Crippen LogP contribution in [0.4, 0.5) is 0 Å². The topological polar surface area (TPSA) is 78.8 Å². The molecule has 0 aromatic carbocycles. The van der Waals surface area contributed by atoms with Crippen molar-refractivity contribution in [2.45, 2.75) is 155 Å². The first-order valence-electron chi connectivity index (χ1n) is 14.9. The van der Waals surface area contributed by atoms with Crippen LogP contribution in [0, 0.1) is 5.92 Å². The summed E-state index contributed by atoms with van der Waals surface area (Å²) in [5.74, 6) is 0.134. The van der Waals surface area contributed by atoms with Gasteiger partial charge in [-0.15, -0.1) is 0 Å². The van der Waals surface area contributed by atoms with Gasteiger partial charge >= 0.3 is 0 Å². The van der Waals surface area contributed by atoms with Gasteiger partial charge in [0.15, 0.2) is 0 Å². The van der Waals surface area contributed by atoms with Crippen LogP contribution in [0.3, 0.4) is 0 Å². The molecule has 0 aromatic heterocycles. The van der Waals surface area contributed by atoms with Gasteiger partial charge in [-0.25, -0.2) is 4.89 Å². The molecule has 0 aliphatic rings. The first-order chi connectivity index (χ1) is 16.7. The van der Waals surface area contributed by atoms with Crippen LogP contribution in [0.5, 0.6) is 0 Å². The maximum absolute atomic E-state index is 11.9. The van der Waals surface area contributed by atoms with Crippen molar-refractivity contribution in [2.75, 3.05) is 19.8 Å². The standard InChI is InChI=1S/C29H59NO4/c1-2-3-4-5-6-7-8-9-10-11-12-13-14-15-16-17-18-19-20-24-29(32)30-25-22-21-23-28(26-31)27-34-33/h28,31,33H,2-27H2,1H3,(H,30,32). The largest absolute Gasteiger partial charge is 0.396 e. The Morgan fingerprint density at radius 3 is 1.53 bits per heavy atom. The zero-order valence-corrected chi connectivity index (χ0v) is 22.7. The summed E-state index contributed by atoms with van der Waals surface area (Å²) in [6.45, 7) is 3.16. The predicted molar refractivity (Wildman–Crippen MR) is 144 cm³/mol. The molecule has 0 fully saturated rings. The molecule has 5 nitrogen and oxygen atoms in total. The van der Waals surface area contributed by atoms with Crippen LogP contribution in [-0.2, 0) is 9.68 Å². The van der Waals surface area contributed by atoms with Crippen LogP contribution >= 0.6 is 0 Å². The molecule has 34 heavy (non-hydrogen) atoms. The molecule has 0 heterocycles. The quantitative estimate of drug-likeness (QED) is 0.0593. The van der Waals surface area contributed by atoms with E-state index in [1.54, 1.807) is 0 Å². The number of rotatable bonds is 28. The van der Waals surface area contributed by atoms with Gasteiger partial charge in [-0.3, -0.25) is 10.1 Å². The van der Waals surface area contributed by atoms with Crippen molar-refractivity contribution in [1.29, 1.82) is 0 Å². The maximum atomic E-state index is 11.9. The number of aliphatic hydroxyl groups excluding tert-OH is 1. The third kappa shape index (κ3) is 26.0. The third-order valence-corrected chi connectivity index (χ3v) is 6.94. The molecule has 0 aliphatic heterocycles. The van der Waals surface area contributed by atoms with Crippen LogP contribution in [0.25, 0.3) is 0 Å². The summed E-state index contributed by atoms with van der Waals surface area (Å²) in [7, 11) is 0. The molecule has 0 aromatic rings. The van der Waals surface area contributed by atoms with Gasteiger partial charge in [0.2, 0.25) is 5.91 Å². The molecule has 0 rings (SSSR count). The van der Waals surface area contributed by atoms with Crippen molar-refractivity contribution in [3.63, 3.8) is 0 Å². The molecular weight excluding hydrogens is 426 g/mol. The van der Waals surface area contributed by atoms with Crippen molar-refractivity contribution >= 4 is 5.91 Å². The van der Waals surface area contributed by atoms with Gasteiger partial charge in [0.25, 0.3) is 0 Å². The Morgan fingerprint density at radius 2 is 1.12 bits per heavy atom. The van der Waals surface area contributed by atoms with E-state index < -0.39 is 0 Å². The molecule has 0 saturated carbocycles. The normalized spacial score (nSPS) is 12.2. The predicted octanol–water partition coefficient (Wildman–Crippen LogP) is 8.19. The lowest BCUT2D eigenvalue weighted by atomic mass is 10.0. The number of nitrogens with one attached hydrogen (secondary N) is 1. The fourth-order valence-corrected chi connectivity index (χ4v) is 4.57. The summed E-state index contributed by atoms with van der Waals surface area (Å²) in [6, 6.07) is 0. The average Bonchev–Trinajstić information content (AvgIpc) is 2.84. The Kier molecular flexibility index (Phi) is 28.0. The van der Waals surface area contributed by atoms with Crippen molar-refractivity contribution in [2.24, 2.45) is 5.92 Å². The number of hydrogen-bond acceptors (Lipinski definition) is 4. The Labute approximate surface area is 211 Å².